The highest BCUT2D eigenvalue weighted by molar-refractivity contribution is 7.97. The van der Waals surface area contributed by atoms with Crippen LogP contribution in [-0.4, -0.2) is 35.0 Å². The average molecular weight is 268 g/mol. The zero-order valence-electron chi connectivity index (χ0n) is 10.5. The number of nitro benzene ring substituents is 1. The van der Waals surface area contributed by atoms with Gasteiger partial charge in [-0.25, -0.2) is 4.31 Å². The van der Waals surface area contributed by atoms with Gasteiger partial charge in [-0.05, 0) is 31.4 Å². The van der Waals surface area contributed by atoms with Gasteiger partial charge in [-0.3, -0.25) is 10.1 Å². The van der Waals surface area contributed by atoms with Crippen LogP contribution in [0.2, 0.25) is 0 Å². The number of rotatable bonds is 3. The zero-order valence-corrected chi connectivity index (χ0v) is 11.3. The van der Waals surface area contributed by atoms with Crippen molar-refractivity contribution in [1.82, 2.24) is 4.31 Å². The van der Waals surface area contributed by atoms with Crippen molar-refractivity contribution in [3.8, 4) is 0 Å². The van der Waals surface area contributed by atoms with Gasteiger partial charge in [0.05, 0.1) is 18.1 Å². The van der Waals surface area contributed by atoms with Crippen LogP contribution in [0.1, 0.15) is 12.5 Å². The molecule has 2 rings (SSSR count). The lowest BCUT2D eigenvalue weighted by Crippen LogP contribution is -2.38. The van der Waals surface area contributed by atoms with Crippen molar-refractivity contribution in [2.45, 2.75) is 24.8 Å². The molecule has 5 nitrogen and oxygen atoms in total. The monoisotopic (exact) mass is 268 g/mol. The standard InChI is InChI=1S/C12H16N2O3S/c1-9-3-4-11(14(15)16)7-12(9)18-13-5-6-17-8-10(13)2/h3-4,7,10H,5-6,8H2,1-2H3/t10-/m1/s1. The number of hydrogen-bond acceptors (Lipinski definition) is 5. The van der Waals surface area contributed by atoms with Crippen LogP contribution in [-0.2, 0) is 4.74 Å². The summed E-state index contributed by atoms with van der Waals surface area (Å²) in [6.07, 6.45) is 0. The maximum Gasteiger partial charge on any atom is 0.270 e. The van der Waals surface area contributed by atoms with Crippen molar-refractivity contribution in [2.24, 2.45) is 0 Å². The Morgan fingerprint density at radius 1 is 1.56 bits per heavy atom. The Labute approximate surface area is 110 Å². The first-order valence-electron chi connectivity index (χ1n) is 5.85. The van der Waals surface area contributed by atoms with Crippen LogP contribution >= 0.6 is 11.9 Å². The number of ether oxygens (including phenoxy) is 1. The van der Waals surface area contributed by atoms with E-state index in [9.17, 15) is 10.1 Å². The van der Waals surface area contributed by atoms with Crippen LogP contribution < -0.4 is 0 Å². The van der Waals surface area contributed by atoms with E-state index in [0.717, 1.165) is 17.0 Å². The molecule has 0 N–H and O–H groups in total. The molecule has 0 aliphatic carbocycles. The Morgan fingerprint density at radius 2 is 2.33 bits per heavy atom. The summed E-state index contributed by atoms with van der Waals surface area (Å²) in [5.74, 6) is 0. The summed E-state index contributed by atoms with van der Waals surface area (Å²) in [7, 11) is 0. The molecule has 0 unspecified atom stereocenters. The van der Waals surface area contributed by atoms with Crippen molar-refractivity contribution in [3.63, 3.8) is 0 Å². The molecule has 0 amide bonds. The molecule has 18 heavy (non-hydrogen) atoms. The van der Waals surface area contributed by atoms with E-state index in [1.165, 1.54) is 0 Å². The zero-order chi connectivity index (χ0) is 13.1. The van der Waals surface area contributed by atoms with Crippen LogP contribution in [0.25, 0.3) is 0 Å². The highest BCUT2D eigenvalue weighted by atomic mass is 32.2. The van der Waals surface area contributed by atoms with Crippen LogP contribution in [0.15, 0.2) is 23.1 Å². The molecule has 1 aromatic rings. The third-order valence-electron chi connectivity index (χ3n) is 2.90. The van der Waals surface area contributed by atoms with Gasteiger partial charge in [0.2, 0.25) is 0 Å². The molecule has 0 aromatic heterocycles. The fourth-order valence-corrected chi connectivity index (χ4v) is 2.82. The highest BCUT2D eigenvalue weighted by Crippen LogP contribution is 2.31. The van der Waals surface area contributed by atoms with Gasteiger partial charge in [0.1, 0.15) is 0 Å². The minimum absolute atomic E-state index is 0.143. The maximum atomic E-state index is 10.8. The summed E-state index contributed by atoms with van der Waals surface area (Å²) in [6.45, 7) is 6.33. The van der Waals surface area contributed by atoms with E-state index in [1.807, 2.05) is 6.92 Å². The molecule has 0 saturated carbocycles. The lowest BCUT2D eigenvalue weighted by Gasteiger charge is -2.32. The van der Waals surface area contributed by atoms with Gasteiger partial charge in [-0.15, -0.1) is 0 Å². The van der Waals surface area contributed by atoms with Crippen LogP contribution in [0.3, 0.4) is 0 Å². The minimum atomic E-state index is -0.355. The highest BCUT2D eigenvalue weighted by Gasteiger charge is 2.21. The van der Waals surface area contributed by atoms with Crippen molar-refractivity contribution < 1.29 is 9.66 Å². The first-order valence-corrected chi connectivity index (χ1v) is 6.62. The first kappa shape index (κ1) is 13.3. The Bertz CT molecular complexity index is 453. The van der Waals surface area contributed by atoms with Gasteiger partial charge >= 0.3 is 0 Å². The molecule has 6 heteroatoms. The number of hydrogen-bond donors (Lipinski definition) is 0. The van der Waals surface area contributed by atoms with Gasteiger partial charge in [0.15, 0.2) is 0 Å². The molecule has 1 atom stereocenters. The number of aryl methyl sites for hydroxylation is 1. The molecule has 1 saturated heterocycles. The minimum Gasteiger partial charge on any atom is -0.378 e. The molecule has 0 radical (unpaired) electrons. The first-order chi connectivity index (χ1) is 8.58. The normalized spacial score (nSPS) is 20.9. The number of nitrogens with zero attached hydrogens (tertiary/aromatic N) is 2. The van der Waals surface area contributed by atoms with Crippen LogP contribution in [0, 0.1) is 17.0 Å². The second kappa shape index (κ2) is 5.69. The SMILES string of the molecule is Cc1ccc([N+](=O)[O-])cc1SN1CCOC[C@H]1C. The number of nitro groups is 1. The summed E-state index contributed by atoms with van der Waals surface area (Å²) in [5, 5.41) is 10.8. The lowest BCUT2D eigenvalue weighted by molar-refractivity contribution is -0.385. The molecule has 1 heterocycles. The Hall–Kier alpha value is -1.11. The van der Waals surface area contributed by atoms with E-state index >= 15 is 0 Å². The van der Waals surface area contributed by atoms with E-state index in [4.69, 9.17) is 4.74 Å². The number of non-ortho nitro benzene ring substituents is 1. The summed E-state index contributed by atoms with van der Waals surface area (Å²) in [6, 6.07) is 5.30. The average Bonchev–Trinajstić information content (AvgIpc) is 2.34. The van der Waals surface area contributed by atoms with Gasteiger partial charge in [-0.2, -0.15) is 0 Å². The molecule has 0 bridgehead atoms. The van der Waals surface area contributed by atoms with Crippen molar-refractivity contribution in [1.29, 1.82) is 0 Å². The summed E-state index contributed by atoms with van der Waals surface area (Å²) in [4.78, 5) is 11.4. The van der Waals surface area contributed by atoms with Crippen LogP contribution in [0.4, 0.5) is 5.69 Å². The second-order valence-corrected chi connectivity index (χ2v) is 5.45. The van der Waals surface area contributed by atoms with Crippen molar-refractivity contribution >= 4 is 17.6 Å². The molecule has 1 aliphatic rings. The quantitative estimate of drug-likeness (QED) is 0.479. The molecule has 0 spiro atoms. The fraction of sp³-hybridized carbons (Fsp3) is 0.500. The van der Waals surface area contributed by atoms with Gasteiger partial charge < -0.3 is 4.74 Å². The summed E-state index contributed by atoms with van der Waals surface area (Å²) in [5.41, 5.74) is 1.20. The molecule has 1 aromatic carbocycles. The topological polar surface area (TPSA) is 55.6 Å². The van der Waals surface area contributed by atoms with Crippen molar-refractivity contribution in [2.75, 3.05) is 19.8 Å². The third-order valence-corrected chi connectivity index (χ3v) is 4.32. The van der Waals surface area contributed by atoms with Gasteiger partial charge in [-0.1, -0.05) is 6.07 Å². The van der Waals surface area contributed by atoms with E-state index in [2.05, 4.69) is 11.2 Å². The van der Waals surface area contributed by atoms with Gasteiger partial charge in [0.25, 0.3) is 5.69 Å². The molecular formula is C12H16N2O3S. The van der Waals surface area contributed by atoms with Crippen LogP contribution in [0.5, 0.6) is 0 Å². The Balaban J connectivity index is 2.17. The Kier molecular flexibility index (Phi) is 4.21. The van der Waals surface area contributed by atoms with Crippen molar-refractivity contribution in [3.05, 3.63) is 33.9 Å². The smallest absolute Gasteiger partial charge is 0.270 e. The van der Waals surface area contributed by atoms with E-state index < -0.39 is 0 Å². The van der Waals surface area contributed by atoms with Gasteiger partial charge in [0, 0.05) is 29.6 Å². The summed E-state index contributed by atoms with van der Waals surface area (Å²) >= 11 is 1.58. The molecule has 98 valence electrons. The Morgan fingerprint density at radius 3 is 3.00 bits per heavy atom. The maximum absolute atomic E-state index is 10.8. The molecule has 1 aliphatic heterocycles. The third kappa shape index (κ3) is 3.01. The summed E-state index contributed by atoms with van der Waals surface area (Å²) < 4.78 is 7.60. The number of morpholine rings is 1. The predicted molar refractivity (Wildman–Crippen MR) is 70.7 cm³/mol. The lowest BCUT2D eigenvalue weighted by atomic mass is 10.2. The predicted octanol–water partition coefficient (Wildman–Crippen LogP) is 2.63. The van der Waals surface area contributed by atoms with E-state index in [-0.39, 0.29) is 10.6 Å². The van der Waals surface area contributed by atoms with E-state index in [0.29, 0.717) is 19.3 Å². The molecular weight excluding hydrogens is 252 g/mol. The number of benzene rings is 1. The second-order valence-electron chi connectivity index (χ2n) is 4.36. The van der Waals surface area contributed by atoms with E-state index in [1.54, 1.807) is 30.1 Å². The fourth-order valence-electron chi connectivity index (χ4n) is 1.77. The largest absolute Gasteiger partial charge is 0.378 e. The molecule has 1 fully saturated rings.